The highest BCUT2D eigenvalue weighted by molar-refractivity contribution is 5.43. The number of halogens is 2. The Balaban J connectivity index is 1.68. The molecule has 5 heteroatoms. The average Bonchev–Trinajstić information content (AvgIpc) is 2.51. The van der Waals surface area contributed by atoms with Crippen LogP contribution in [-0.4, -0.2) is 20.3 Å². The van der Waals surface area contributed by atoms with Crippen LogP contribution in [0.3, 0.4) is 0 Å². The van der Waals surface area contributed by atoms with Gasteiger partial charge in [-0.05, 0) is 48.9 Å². The van der Waals surface area contributed by atoms with Crippen molar-refractivity contribution in [1.82, 2.24) is 0 Å². The third-order valence-corrected chi connectivity index (χ3v) is 2.90. The highest BCUT2D eigenvalue weighted by Crippen LogP contribution is 2.17. The van der Waals surface area contributed by atoms with Gasteiger partial charge in [0.25, 0.3) is 0 Å². The number of hydrogen-bond acceptors (Lipinski definition) is 3. The Morgan fingerprint density at radius 3 is 2.33 bits per heavy atom. The highest BCUT2D eigenvalue weighted by atomic mass is 19.2. The SMILES string of the molecule is COc1ccc(OCCCNc2ccc(F)c(F)c2)cc1. The molecule has 0 spiro atoms. The Morgan fingerprint density at radius 1 is 0.952 bits per heavy atom. The lowest BCUT2D eigenvalue weighted by molar-refractivity contribution is 0.314. The van der Waals surface area contributed by atoms with E-state index < -0.39 is 11.6 Å². The Labute approximate surface area is 122 Å². The molecule has 0 fully saturated rings. The number of anilines is 1. The van der Waals surface area contributed by atoms with Crippen LogP contribution in [0.15, 0.2) is 42.5 Å². The number of hydrogen-bond donors (Lipinski definition) is 1. The second kappa shape index (κ2) is 7.47. The third kappa shape index (κ3) is 4.63. The van der Waals surface area contributed by atoms with Gasteiger partial charge in [0.05, 0.1) is 13.7 Å². The average molecular weight is 293 g/mol. The molecule has 2 aromatic rings. The molecule has 0 amide bonds. The minimum Gasteiger partial charge on any atom is -0.497 e. The first-order valence-electron chi connectivity index (χ1n) is 6.65. The topological polar surface area (TPSA) is 30.5 Å². The summed E-state index contributed by atoms with van der Waals surface area (Å²) in [6, 6.07) is 11.1. The number of methoxy groups -OCH3 is 1. The maximum atomic E-state index is 13.0. The fraction of sp³-hybridized carbons (Fsp3) is 0.250. The van der Waals surface area contributed by atoms with Gasteiger partial charge in [-0.1, -0.05) is 0 Å². The van der Waals surface area contributed by atoms with E-state index in [1.807, 2.05) is 24.3 Å². The summed E-state index contributed by atoms with van der Waals surface area (Å²) in [7, 11) is 1.61. The van der Waals surface area contributed by atoms with Gasteiger partial charge in [0.15, 0.2) is 11.6 Å². The van der Waals surface area contributed by atoms with Crippen LogP contribution in [-0.2, 0) is 0 Å². The Morgan fingerprint density at radius 2 is 1.67 bits per heavy atom. The molecule has 0 saturated carbocycles. The summed E-state index contributed by atoms with van der Waals surface area (Å²) < 4.78 is 36.4. The number of rotatable bonds is 7. The van der Waals surface area contributed by atoms with Gasteiger partial charge in [-0.3, -0.25) is 0 Å². The van der Waals surface area contributed by atoms with E-state index in [0.29, 0.717) is 18.8 Å². The summed E-state index contributed by atoms with van der Waals surface area (Å²) in [5, 5.41) is 3.01. The van der Waals surface area contributed by atoms with Crippen molar-refractivity contribution in [3.63, 3.8) is 0 Å². The smallest absolute Gasteiger partial charge is 0.160 e. The molecule has 2 aromatic carbocycles. The van der Waals surface area contributed by atoms with Crippen LogP contribution in [0.1, 0.15) is 6.42 Å². The van der Waals surface area contributed by atoms with E-state index in [0.717, 1.165) is 30.1 Å². The van der Waals surface area contributed by atoms with Gasteiger partial charge in [0, 0.05) is 12.2 Å². The van der Waals surface area contributed by atoms with Gasteiger partial charge in [0.2, 0.25) is 0 Å². The van der Waals surface area contributed by atoms with E-state index in [2.05, 4.69) is 5.32 Å². The molecule has 0 aliphatic rings. The summed E-state index contributed by atoms with van der Waals surface area (Å²) in [5.74, 6) is -0.149. The molecule has 0 aliphatic heterocycles. The standard InChI is InChI=1S/C16H17F2NO2/c1-20-13-4-6-14(7-5-13)21-10-2-9-19-12-3-8-15(17)16(18)11-12/h3-8,11,19H,2,9-10H2,1H3. The van der Waals surface area contributed by atoms with E-state index >= 15 is 0 Å². The molecular formula is C16H17F2NO2. The largest absolute Gasteiger partial charge is 0.497 e. The van der Waals surface area contributed by atoms with E-state index in [1.165, 1.54) is 6.07 Å². The molecule has 2 rings (SSSR count). The summed E-state index contributed by atoms with van der Waals surface area (Å²) in [6.45, 7) is 1.14. The minimum absolute atomic E-state index is 0.531. The molecule has 0 heterocycles. The normalized spacial score (nSPS) is 10.2. The lowest BCUT2D eigenvalue weighted by Crippen LogP contribution is -2.07. The Hall–Kier alpha value is -2.30. The molecule has 112 valence electrons. The van der Waals surface area contributed by atoms with Gasteiger partial charge in [-0.25, -0.2) is 8.78 Å². The molecular weight excluding hydrogens is 276 g/mol. The van der Waals surface area contributed by atoms with Gasteiger partial charge in [-0.15, -0.1) is 0 Å². The molecule has 0 atom stereocenters. The quantitative estimate of drug-likeness (QED) is 0.786. The molecule has 0 saturated heterocycles. The van der Waals surface area contributed by atoms with Crippen LogP contribution in [0.4, 0.5) is 14.5 Å². The zero-order valence-electron chi connectivity index (χ0n) is 11.7. The van der Waals surface area contributed by atoms with Crippen LogP contribution < -0.4 is 14.8 Å². The zero-order valence-corrected chi connectivity index (χ0v) is 11.7. The van der Waals surface area contributed by atoms with Crippen LogP contribution in [0.25, 0.3) is 0 Å². The highest BCUT2D eigenvalue weighted by Gasteiger charge is 2.01. The predicted molar refractivity (Wildman–Crippen MR) is 78.0 cm³/mol. The number of benzene rings is 2. The first-order chi connectivity index (χ1) is 10.2. The minimum atomic E-state index is -0.852. The molecule has 0 aliphatic carbocycles. The lowest BCUT2D eigenvalue weighted by Gasteiger charge is -2.09. The Bertz CT molecular complexity index is 573. The number of ether oxygens (including phenoxy) is 2. The van der Waals surface area contributed by atoms with Crippen molar-refractivity contribution in [1.29, 1.82) is 0 Å². The molecule has 1 N–H and O–H groups in total. The van der Waals surface area contributed by atoms with Crippen molar-refractivity contribution in [2.45, 2.75) is 6.42 Å². The van der Waals surface area contributed by atoms with E-state index in [1.54, 1.807) is 7.11 Å². The van der Waals surface area contributed by atoms with Crippen LogP contribution >= 0.6 is 0 Å². The van der Waals surface area contributed by atoms with E-state index in [-0.39, 0.29) is 0 Å². The van der Waals surface area contributed by atoms with Crippen LogP contribution in [0.5, 0.6) is 11.5 Å². The van der Waals surface area contributed by atoms with E-state index in [4.69, 9.17) is 9.47 Å². The summed E-state index contributed by atoms with van der Waals surface area (Å²) in [5.41, 5.74) is 0.554. The van der Waals surface area contributed by atoms with Crippen LogP contribution in [0.2, 0.25) is 0 Å². The molecule has 0 unspecified atom stereocenters. The van der Waals surface area contributed by atoms with Gasteiger partial charge >= 0.3 is 0 Å². The van der Waals surface area contributed by atoms with Crippen molar-refractivity contribution in [3.05, 3.63) is 54.1 Å². The molecule has 3 nitrogen and oxygen atoms in total. The maximum absolute atomic E-state index is 13.0. The van der Waals surface area contributed by atoms with Crippen molar-refractivity contribution in [2.75, 3.05) is 25.6 Å². The second-order valence-electron chi connectivity index (χ2n) is 4.43. The summed E-state index contributed by atoms with van der Waals surface area (Å²) in [6.07, 6.45) is 0.741. The molecule has 0 aromatic heterocycles. The molecule has 0 bridgehead atoms. The van der Waals surface area contributed by atoms with Gasteiger partial charge in [-0.2, -0.15) is 0 Å². The lowest BCUT2D eigenvalue weighted by atomic mass is 10.3. The molecule has 21 heavy (non-hydrogen) atoms. The van der Waals surface area contributed by atoms with Crippen LogP contribution in [0, 0.1) is 11.6 Å². The maximum Gasteiger partial charge on any atom is 0.160 e. The predicted octanol–water partition coefficient (Wildman–Crippen LogP) is 3.85. The monoisotopic (exact) mass is 293 g/mol. The van der Waals surface area contributed by atoms with E-state index in [9.17, 15) is 8.78 Å². The van der Waals surface area contributed by atoms with Crippen molar-refractivity contribution < 1.29 is 18.3 Å². The van der Waals surface area contributed by atoms with Gasteiger partial charge < -0.3 is 14.8 Å². The first kappa shape index (κ1) is 15.1. The number of nitrogens with one attached hydrogen (secondary N) is 1. The third-order valence-electron chi connectivity index (χ3n) is 2.90. The fourth-order valence-electron chi connectivity index (χ4n) is 1.77. The second-order valence-corrected chi connectivity index (χ2v) is 4.43. The molecule has 0 radical (unpaired) electrons. The van der Waals surface area contributed by atoms with Gasteiger partial charge in [0.1, 0.15) is 11.5 Å². The zero-order chi connectivity index (χ0) is 15.1. The first-order valence-corrected chi connectivity index (χ1v) is 6.65. The van der Waals surface area contributed by atoms with Crippen molar-refractivity contribution in [3.8, 4) is 11.5 Å². The summed E-state index contributed by atoms with van der Waals surface area (Å²) >= 11 is 0. The van der Waals surface area contributed by atoms with Crippen molar-refractivity contribution in [2.24, 2.45) is 0 Å². The fourth-order valence-corrected chi connectivity index (χ4v) is 1.77. The Kier molecular flexibility index (Phi) is 5.37. The summed E-state index contributed by atoms with van der Waals surface area (Å²) in [4.78, 5) is 0. The van der Waals surface area contributed by atoms with Crippen molar-refractivity contribution >= 4 is 5.69 Å².